The van der Waals surface area contributed by atoms with Gasteiger partial charge in [0, 0.05) is 6.42 Å². The fourth-order valence-corrected chi connectivity index (χ4v) is 3.14. The van der Waals surface area contributed by atoms with E-state index in [1.165, 1.54) is 18.4 Å². The van der Waals surface area contributed by atoms with Gasteiger partial charge in [-0.25, -0.2) is 0 Å². The van der Waals surface area contributed by atoms with Crippen LogP contribution in [0.4, 0.5) is 0 Å². The molecule has 0 spiro atoms. The summed E-state index contributed by atoms with van der Waals surface area (Å²) in [6.07, 6.45) is 7.51. The molecular formula is C15H26O. The van der Waals surface area contributed by atoms with Crippen molar-refractivity contribution in [2.24, 2.45) is 5.41 Å². The number of carbonyl (C=O) groups excluding carboxylic acids is 1. The lowest BCUT2D eigenvalue weighted by atomic mass is 9.69. The van der Waals surface area contributed by atoms with Gasteiger partial charge in [0.25, 0.3) is 0 Å². The van der Waals surface area contributed by atoms with Crippen LogP contribution in [0.25, 0.3) is 0 Å². The minimum atomic E-state index is 0.245. The number of hydrogen-bond acceptors (Lipinski definition) is 1. The third-order valence-corrected chi connectivity index (χ3v) is 3.75. The quantitative estimate of drug-likeness (QED) is 0.661. The lowest BCUT2D eigenvalue weighted by Gasteiger charge is -2.35. The van der Waals surface area contributed by atoms with E-state index < -0.39 is 0 Å². The predicted molar refractivity (Wildman–Crippen MR) is 69.5 cm³/mol. The first-order valence-electron chi connectivity index (χ1n) is 6.80. The van der Waals surface area contributed by atoms with Crippen molar-refractivity contribution in [3.63, 3.8) is 0 Å². The van der Waals surface area contributed by atoms with E-state index in [2.05, 4.69) is 27.7 Å². The van der Waals surface area contributed by atoms with Gasteiger partial charge in [-0.1, -0.05) is 46.1 Å². The second-order valence-corrected chi connectivity index (χ2v) is 5.52. The van der Waals surface area contributed by atoms with Crippen LogP contribution in [0.5, 0.6) is 0 Å². The fourth-order valence-electron chi connectivity index (χ4n) is 3.14. The molecule has 1 unspecified atom stereocenters. The largest absolute Gasteiger partial charge is 0.295 e. The lowest BCUT2D eigenvalue weighted by molar-refractivity contribution is -0.118. The van der Waals surface area contributed by atoms with Crippen LogP contribution in [0.3, 0.4) is 0 Å². The molecule has 0 radical (unpaired) electrons. The zero-order valence-corrected chi connectivity index (χ0v) is 11.4. The molecule has 92 valence electrons. The summed E-state index contributed by atoms with van der Waals surface area (Å²) in [7, 11) is 0. The lowest BCUT2D eigenvalue weighted by Crippen LogP contribution is -2.28. The number of carbonyl (C=O) groups is 1. The van der Waals surface area contributed by atoms with Crippen LogP contribution in [0, 0.1) is 5.41 Å². The van der Waals surface area contributed by atoms with E-state index in [1.807, 2.05) is 0 Å². The number of hydrogen-bond donors (Lipinski definition) is 0. The van der Waals surface area contributed by atoms with Crippen molar-refractivity contribution in [1.29, 1.82) is 0 Å². The van der Waals surface area contributed by atoms with E-state index in [4.69, 9.17) is 0 Å². The van der Waals surface area contributed by atoms with Gasteiger partial charge in [0.15, 0.2) is 5.78 Å². The predicted octanol–water partition coefficient (Wildman–Crippen LogP) is 4.66. The molecule has 16 heavy (non-hydrogen) atoms. The van der Waals surface area contributed by atoms with Gasteiger partial charge in [-0.15, -0.1) is 0 Å². The average molecular weight is 222 g/mol. The van der Waals surface area contributed by atoms with E-state index in [0.29, 0.717) is 5.78 Å². The van der Waals surface area contributed by atoms with Crippen molar-refractivity contribution < 1.29 is 4.79 Å². The molecule has 1 heteroatoms. The Balaban J connectivity index is 2.93. The van der Waals surface area contributed by atoms with E-state index >= 15 is 0 Å². The molecule has 0 aromatic carbocycles. The molecule has 0 fully saturated rings. The molecular weight excluding hydrogens is 196 g/mol. The first kappa shape index (κ1) is 13.5. The smallest absolute Gasteiger partial charge is 0.159 e. The Bertz CT molecular complexity index is 288. The van der Waals surface area contributed by atoms with Gasteiger partial charge in [0.2, 0.25) is 0 Å². The highest BCUT2D eigenvalue weighted by molar-refractivity contribution is 5.97. The molecule has 0 saturated carbocycles. The zero-order valence-electron chi connectivity index (χ0n) is 11.4. The third kappa shape index (κ3) is 2.96. The van der Waals surface area contributed by atoms with Crippen molar-refractivity contribution in [1.82, 2.24) is 0 Å². The SMILES string of the molecule is CCCC1=C(CC)C(=O)CC(C)(CCC)C1. The van der Waals surface area contributed by atoms with E-state index in [0.717, 1.165) is 37.7 Å². The summed E-state index contributed by atoms with van der Waals surface area (Å²) in [5.41, 5.74) is 2.85. The maximum Gasteiger partial charge on any atom is 0.159 e. The Hall–Kier alpha value is -0.590. The molecule has 0 saturated heterocycles. The average Bonchev–Trinajstić information content (AvgIpc) is 2.17. The van der Waals surface area contributed by atoms with Crippen LogP contribution in [0.15, 0.2) is 11.1 Å². The van der Waals surface area contributed by atoms with Gasteiger partial charge in [-0.05, 0) is 36.7 Å². The molecule has 0 heterocycles. The summed E-state index contributed by atoms with van der Waals surface area (Å²) in [6.45, 7) is 8.83. The van der Waals surface area contributed by atoms with Gasteiger partial charge in [-0.2, -0.15) is 0 Å². The third-order valence-electron chi connectivity index (χ3n) is 3.75. The maximum atomic E-state index is 12.1. The fraction of sp³-hybridized carbons (Fsp3) is 0.800. The molecule has 0 aliphatic heterocycles. The molecule has 1 nitrogen and oxygen atoms in total. The van der Waals surface area contributed by atoms with Crippen LogP contribution in [0.1, 0.15) is 72.6 Å². The van der Waals surface area contributed by atoms with Crippen molar-refractivity contribution in [3.05, 3.63) is 11.1 Å². The molecule has 1 rings (SSSR count). The Morgan fingerprint density at radius 3 is 2.31 bits per heavy atom. The molecule has 0 aromatic rings. The second-order valence-electron chi connectivity index (χ2n) is 5.52. The van der Waals surface area contributed by atoms with Gasteiger partial charge >= 0.3 is 0 Å². The highest BCUT2D eigenvalue weighted by Gasteiger charge is 2.34. The van der Waals surface area contributed by atoms with Crippen LogP contribution in [0.2, 0.25) is 0 Å². The highest BCUT2D eigenvalue weighted by Crippen LogP contribution is 2.42. The summed E-state index contributed by atoms with van der Waals surface area (Å²) in [4.78, 5) is 12.1. The van der Waals surface area contributed by atoms with Gasteiger partial charge < -0.3 is 0 Å². The highest BCUT2D eigenvalue weighted by atomic mass is 16.1. The topological polar surface area (TPSA) is 17.1 Å². The van der Waals surface area contributed by atoms with Gasteiger partial charge in [0.1, 0.15) is 0 Å². The van der Waals surface area contributed by atoms with Crippen molar-refractivity contribution in [2.45, 2.75) is 72.6 Å². The molecule has 0 N–H and O–H groups in total. The van der Waals surface area contributed by atoms with Crippen LogP contribution < -0.4 is 0 Å². The van der Waals surface area contributed by atoms with E-state index in [-0.39, 0.29) is 5.41 Å². The number of rotatable bonds is 5. The zero-order chi connectivity index (χ0) is 12.2. The number of ketones is 1. The molecule has 1 aliphatic rings. The molecule has 0 amide bonds. The van der Waals surface area contributed by atoms with E-state index in [1.54, 1.807) is 0 Å². The number of allylic oxidation sites excluding steroid dienone is 2. The summed E-state index contributed by atoms with van der Waals surface area (Å²) in [5.74, 6) is 0.424. The van der Waals surface area contributed by atoms with Crippen LogP contribution in [-0.2, 0) is 4.79 Å². The Morgan fingerprint density at radius 2 is 1.81 bits per heavy atom. The Kier molecular flexibility index (Phi) is 4.76. The van der Waals surface area contributed by atoms with Crippen LogP contribution in [-0.4, -0.2) is 5.78 Å². The van der Waals surface area contributed by atoms with Crippen molar-refractivity contribution >= 4 is 5.78 Å². The minimum Gasteiger partial charge on any atom is -0.295 e. The first-order chi connectivity index (χ1) is 7.56. The molecule has 1 atom stereocenters. The van der Waals surface area contributed by atoms with Gasteiger partial charge in [0.05, 0.1) is 0 Å². The summed E-state index contributed by atoms with van der Waals surface area (Å²) in [6, 6.07) is 0. The molecule has 0 aromatic heterocycles. The Morgan fingerprint density at radius 1 is 1.12 bits per heavy atom. The van der Waals surface area contributed by atoms with Gasteiger partial charge in [-0.3, -0.25) is 4.79 Å². The molecule has 0 bridgehead atoms. The Labute approximate surface area is 100 Å². The van der Waals surface area contributed by atoms with Crippen LogP contribution >= 0.6 is 0 Å². The maximum absolute atomic E-state index is 12.1. The normalized spacial score (nSPS) is 26.4. The van der Waals surface area contributed by atoms with E-state index in [9.17, 15) is 4.79 Å². The van der Waals surface area contributed by atoms with Crippen molar-refractivity contribution in [3.8, 4) is 0 Å². The first-order valence-corrected chi connectivity index (χ1v) is 6.80. The van der Waals surface area contributed by atoms with Crippen molar-refractivity contribution in [2.75, 3.05) is 0 Å². The summed E-state index contributed by atoms with van der Waals surface area (Å²) < 4.78 is 0. The molecule has 1 aliphatic carbocycles. The minimum absolute atomic E-state index is 0.245. The standard InChI is InChI=1S/C15H26O/c1-5-8-12-10-15(4,9-6-2)11-14(16)13(12)7-3/h5-11H2,1-4H3. The summed E-state index contributed by atoms with van der Waals surface area (Å²) in [5, 5.41) is 0. The monoisotopic (exact) mass is 222 g/mol. The second kappa shape index (κ2) is 5.65. The summed E-state index contributed by atoms with van der Waals surface area (Å²) >= 11 is 0. The number of Topliss-reactive ketones (excluding diaryl/α,β-unsaturated/α-hetero) is 1.